The van der Waals surface area contributed by atoms with E-state index in [-0.39, 0.29) is 18.0 Å². The standard InChI is InChI=1S/C11H14N2O6/c1-6(14)12-5-10(16)11(17)7-2-3-9(15)8(4-7)13(18)19/h2-4,10-11,15-17H,5H2,1H3,(H,12,14). The van der Waals surface area contributed by atoms with Crippen molar-refractivity contribution in [2.75, 3.05) is 6.54 Å². The highest BCUT2D eigenvalue weighted by molar-refractivity contribution is 5.72. The lowest BCUT2D eigenvalue weighted by atomic mass is 10.0. The number of benzene rings is 1. The van der Waals surface area contributed by atoms with Gasteiger partial charge in [-0.15, -0.1) is 0 Å². The Labute approximate surface area is 108 Å². The molecule has 0 aromatic heterocycles. The van der Waals surface area contributed by atoms with E-state index in [4.69, 9.17) is 0 Å². The Morgan fingerprint density at radius 3 is 2.63 bits per heavy atom. The van der Waals surface area contributed by atoms with E-state index in [0.717, 1.165) is 12.1 Å². The van der Waals surface area contributed by atoms with Gasteiger partial charge in [0.2, 0.25) is 5.91 Å². The van der Waals surface area contributed by atoms with E-state index >= 15 is 0 Å². The van der Waals surface area contributed by atoms with Gasteiger partial charge in [0.1, 0.15) is 12.2 Å². The maximum absolute atomic E-state index is 10.7. The lowest BCUT2D eigenvalue weighted by molar-refractivity contribution is -0.386. The summed E-state index contributed by atoms with van der Waals surface area (Å²) >= 11 is 0. The third-order valence-electron chi connectivity index (χ3n) is 2.46. The highest BCUT2D eigenvalue weighted by Gasteiger charge is 2.22. The van der Waals surface area contributed by atoms with Crippen LogP contribution in [0.4, 0.5) is 5.69 Å². The van der Waals surface area contributed by atoms with Crippen molar-refractivity contribution < 1.29 is 25.0 Å². The van der Waals surface area contributed by atoms with Crippen molar-refractivity contribution >= 4 is 11.6 Å². The lowest BCUT2D eigenvalue weighted by Crippen LogP contribution is -2.34. The predicted molar refractivity (Wildman–Crippen MR) is 64.4 cm³/mol. The van der Waals surface area contributed by atoms with Gasteiger partial charge >= 0.3 is 5.69 Å². The summed E-state index contributed by atoms with van der Waals surface area (Å²) < 4.78 is 0. The van der Waals surface area contributed by atoms with Crippen molar-refractivity contribution in [1.29, 1.82) is 0 Å². The summed E-state index contributed by atoms with van der Waals surface area (Å²) in [6.07, 6.45) is -2.72. The van der Waals surface area contributed by atoms with Crippen LogP contribution in [-0.2, 0) is 4.79 Å². The van der Waals surface area contributed by atoms with Gasteiger partial charge in [-0.3, -0.25) is 14.9 Å². The smallest absolute Gasteiger partial charge is 0.311 e. The number of amides is 1. The van der Waals surface area contributed by atoms with Crippen LogP contribution in [0.15, 0.2) is 18.2 Å². The molecule has 0 aliphatic carbocycles. The number of nitro groups is 1. The normalized spacial score (nSPS) is 13.6. The number of aliphatic hydroxyl groups excluding tert-OH is 2. The fraction of sp³-hybridized carbons (Fsp3) is 0.364. The van der Waals surface area contributed by atoms with Gasteiger partial charge in [-0.2, -0.15) is 0 Å². The number of aromatic hydroxyl groups is 1. The van der Waals surface area contributed by atoms with Gasteiger partial charge in [0.25, 0.3) is 0 Å². The highest BCUT2D eigenvalue weighted by atomic mass is 16.6. The van der Waals surface area contributed by atoms with Crippen molar-refractivity contribution in [2.24, 2.45) is 0 Å². The molecule has 1 aromatic carbocycles. The molecule has 1 aromatic rings. The molecule has 0 spiro atoms. The van der Waals surface area contributed by atoms with Crippen LogP contribution in [0.25, 0.3) is 0 Å². The number of phenols is 1. The molecule has 0 heterocycles. The van der Waals surface area contributed by atoms with Crippen molar-refractivity contribution in [3.8, 4) is 5.75 Å². The molecule has 1 rings (SSSR count). The van der Waals surface area contributed by atoms with E-state index in [2.05, 4.69) is 5.32 Å². The summed E-state index contributed by atoms with van der Waals surface area (Å²) in [4.78, 5) is 20.5. The van der Waals surface area contributed by atoms with Gasteiger partial charge in [-0.25, -0.2) is 0 Å². The predicted octanol–water partition coefficient (Wildman–Crippen LogP) is -0.169. The van der Waals surface area contributed by atoms with Gasteiger partial charge in [0.15, 0.2) is 5.75 Å². The van der Waals surface area contributed by atoms with Gasteiger partial charge in [0.05, 0.1) is 4.92 Å². The number of nitro benzene ring substituents is 1. The molecule has 0 radical (unpaired) electrons. The molecule has 0 aliphatic heterocycles. The Bertz CT molecular complexity index is 490. The highest BCUT2D eigenvalue weighted by Crippen LogP contribution is 2.29. The average Bonchev–Trinajstić information content (AvgIpc) is 2.35. The zero-order valence-electron chi connectivity index (χ0n) is 10.1. The third kappa shape index (κ3) is 3.90. The molecule has 0 fully saturated rings. The summed E-state index contributed by atoms with van der Waals surface area (Å²) in [6.45, 7) is 1.07. The second kappa shape index (κ2) is 6.12. The number of hydrogen-bond acceptors (Lipinski definition) is 6. The monoisotopic (exact) mass is 270 g/mol. The summed E-state index contributed by atoms with van der Waals surface area (Å²) in [5.74, 6) is -0.903. The maximum Gasteiger partial charge on any atom is 0.311 e. The molecule has 2 unspecified atom stereocenters. The van der Waals surface area contributed by atoms with Gasteiger partial charge in [-0.1, -0.05) is 6.07 Å². The van der Waals surface area contributed by atoms with E-state index in [1.54, 1.807) is 0 Å². The molecule has 1 amide bonds. The molecule has 0 aliphatic rings. The number of hydrogen-bond donors (Lipinski definition) is 4. The summed E-state index contributed by atoms with van der Waals surface area (Å²) in [5.41, 5.74) is -0.495. The Balaban J connectivity index is 2.87. The van der Waals surface area contributed by atoms with Gasteiger partial charge in [0, 0.05) is 19.5 Å². The van der Waals surface area contributed by atoms with Gasteiger partial charge in [-0.05, 0) is 11.6 Å². The molecule has 8 heteroatoms. The zero-order valence-corrected chi connectivity index (χ0v) is 10.1. The average molecular weight is 270 g/mol. The quantitative estimate of drug-likeness (QED) is 0.433. The largest absolute Gasteiger partial charge is 0.502 e. The molecule has 0 bridgehead atoms. The molecular formula is C11H14N2O6. The molecule has 104 valence electrons. The maximum atomic E-state index is 10.7. The Kier molecular flexibility index (Phi) is 4.79. The van der Waals surface area contributed by atoms with Crippen molar-refractivity contribution in [2.45, 2.75) is 19.1 Å². The fourth-order valence-electron chi connectivity index (χ4n) is 1.45. The number of carbonyl (C=O) groups is 1. The van der Waals surface area contributed by atoms with Gasteiger partial charge < -0.3 is 20.6 Å². The Morgan fingerprint density at radius 2 is 2.11 bits per heavy atom. The topological polar surface area (TPSA) is 133 Å². The molecule has 4 N–H and O–H groups in total. The minimum Gasteiger partial charge on any atom is -0.502 e. The van der Waals surface area contributed by atoms with Crippen LogP contribution >= 0.6 is 0 Å². The Hall–Kier alpha value is -2.19. The molecule has 8 nitrogen and oxygen atoms in total. The molecule has 0 saturated heterocycles. The second-order valence-corrected chi connectivity index (χ2v) is 3.95. The number of nitrogens with zero attached hydrogens (tertiary/aromatic N) is 1. The van der Waals surface area contributed by atoms with E-state index in [1.807, 2.05) is 0 Å². The number of rotatable bonds is 5. The van der Waals surface area contributed by atoms with Crippen LogP contribution in [0.5, 0.6) is 5.75 Å². The first-order chi connectivity index (χ1) is 8.82. The van der Waals surface area contributed by atoms with Crippen LogP contribution in [-0.4, -0.2) is 38.8 Å². The minimum absolute atomic E-state index is 0.0716. The Morgan fingerprint density at radius 1 is 1.47 bits per heavy atom. The molecule has 2 atom stereocenters. The summed E-state index contributed by atoms with van der Waals surface area (Å²) in [6, 6.07) is 3.28. The van der Waals surface area contributed by atoms with Crippen LogP contribution in [0, 0.1) is 10.1 Å². The summed E-state index contributed by atoms with van der Waals surface area (Å²) in [5, 5.41) is 41.6. The minimum atomic E-state index is -1.41. The van der Waals surface area contributed by atoms with E-state index in [0.29, 0.717) is 0 Å². The van der Waals surface area contributed by atoms with Crippen LogP contribution < -0.4 is 5.32 Å². The van der Waals surface area contributed by atoms with E-state index in [1.165, 1.54) is 13.0 Å². The van der Waals surface area contributed by atoms with E-state index < -0.39 is 28.6 Å². The SMILES string of the molecule is CC(=O)NCC(O)C(O)c1ccc(O)c([N+](=O)[O-])c1. The van der Waals surface area contributed by atoms with Crippen molar-refractivity contribution in [3.63, 3.8) is 0 Å². The van der Waals surface area contributed by atoms with Crippen molar-refractivity contribution in [3.05, 3.63) is 33.9 Å². The number of nitrogens with one attached hydrogen (secondary N) is 1. The summed E-state index contributed by atoms with van der Waals surface area (Å²) in [7, 11) is 0. The van der Waals surface area contributed by atoms with Crippen LogP contribution in [0.2, 0.25) is 0 Å². The number of aliphatic hydroxyl groups is 2. The molecule has 0 saturated carbocycles. The fourth-order valence-corrected chi connectivity index (χ4v) is 1.45. The first kappa shape index (κ1) is 14.9. The van der Waals surface area contributed by atoms with E-state index in [9.17, 15) is 30.2 Å². The van der Waals surface area contributed by atoms with Crippen molar-refractivity contribution in [1.82, 2.24) is 5.32 Å². The van der Waals surface area contributed by atoms with Crippen LogP contribution in [0.1, 0.15) is 18.6 Å². The van der Waals surface area contributed by atoms with Crippen LogP contribution in [0.3, 0.4) is 0 Å². The second-order valence-electron chi connectivity index (χ2n) is 3.95. The number of carbonyl (C=O) groups excluding carboxylic acids is 1. The molecule has 19 heavy (non-hydrogen) atoms. The number of phenolic OH excluding ortho intramolecular Hbond substituents is 1. The lowest BCUT2D eigenvalue weighted by Gasteiger charge is -2.18. The first-order valence-corrected chi connectivity index (χ1v) is 5.40. The zero-order chi connectivity index (χ0) is 14.6. The third-order valence-corrected chi connectivity index (χ3v) is 2.46. The first-order valence-electron chi connectivity index (χ1n) is 5.40. The molecular weight excluding hydrogens is 256 g/mol.